The lowest BCUT2D eigenvalue weighted by Crippen LogP contribution is -2.34. The summed E-state index contributed by atoms with van der Waals surface area (Å²) in [6.45, 7) is 5.84. The Labute approximate surface area is 115 Å². The van der Waals surface area contributed by atoms with E-state index in [0.29, 0.717) is 6.04 Å². The predicted octanol–water partition coefficient (Wildman–Crippen LogP) is 3.21. The zero-order valence-corrected chi connectivity index (χ0v) is 12.1. The first-order chi connectivity index (χ1) is 7.90. The van der Waals surface area contributed by atoms with Crippen LogP contribution in [0.25, 0.3) is 0 Å². The van der Waals surface area contributed by atoms with Crippen LogP contribution in [0.3, 0.4) is 0 Å². The maximum Gasteiger partial charge on any atom is 0.0412 e. The molecular formula is C13H23ClN2S. The number of rotatable bonds is 5. The highest BCUT2D eigenvalue weighted by Gasteiger charge is 2.15. The molecule has 0 amide bonds. The summed E-state index contributed by atoms with van der Waals surface area (Å²) in [6, 6.07) is 4.96. The van der Waals surface area contributed by atoms with Crippen LogP contribution in [0.4, 0.5) is 0 Å². The number of hydrogen-bond donors (Lipinski definition) is 2. The van der Waals surface area contributed by atoms with Gasteiger partial charge in [0.25, 0.3) is 0 Å². The van der Waals surface area contributed by atoms with Crippen LogP contribution in [0.1, 0.15) is 37.1 Å². The summed E-state index contributed by atoms with van der Waals surface area (Å²) in [5.74, 6) is 0.871. The van der Waals surface area contributed by atoms with E-state index >= 15 is 0 Å². The summed E-state index contributed by atoms with van der Waals surface area (Å²) >= 11 is 1.87. The Balaban J connectivity index is 0.00000144. The normalized spacial score (nSPS) is 18.6. The summed E-state index contributed by atoms with van der Waals surface area (Å²) in [5, 5.41) is 9.31. The minimum atomic E-state index is 0. The lowest BCUT2D eigenvalue weighted by atomic mass is 9.97. The third-order valence-corrected chi connectivity index (χ3v) is 4.39. The van der Waals surface area contributed by atoms with Crippen molar-refractivity contribution >= 4 is 23.7 Å². The second-order valence-electron chi connectivity index (χ2n) is 4.58. The van der Waals surface area contributed by atoms with Crippen molar-refractivity contribution in [1.82, 2.24) is 10.6 Å². The largest absolute Gasteiger partial charge is 0.317 e. The van der Waals surface area contributed by atoms with Crippen molar-refractivity contribution in [3.8, 4) is 0 Å². The van der Waals surface area contributed by atoms with Gasteiger partial charge in [-0.2, -0.15) is 0 Å². The summed E-state index contributed by atoms with van der Waals surface area (Å²) in [5.41, 5.74) is 0. The Bertz CT molecular complexity index is 284. The molecule has 1 fully saturated rings. The van der Waals surface area contributed by atoms with Gasteiger partial charge in [0.15, 0.2) is 0 Å². The van der Waals surface area contributed by atoms with E-state index in [1.807, 2.05) is 11.3 Å². The molecule has 1 saturated heterocycles. The van der Waals surface area contributed by atoms with Crippen LogP contribution >= 0.6 is 23.7 Å². The van der Waals surface area contributed by atoms with Gasteiger partial charge >= 0.3 is 0 Å². The number of nitrogens with one attached hydrogen (secondary N) is 2. The number of hydrogen-bond acceptors (Lipinski definition) is 3. The molecule has 1 aliphatic rings. The van der Waals surface area contributed by atoms with Crippen molar-refractivity contribution in [3.05, 3.63) is 22.4 Å². The van der Waals surface area contributed by atoms with E-state index in [0.717, 1.165) is 5.92 Å². The third kappa shape index (κ3) is 4.59. The molecule has 1 aromatic heterocycles. The molecule has 0 bridgehead atoms. The third-order valence-electron chi connectivity index (χ3n) is 3.41. The molecule has 2 heterocycles. The number of halogens is 1. The first-order valence-electron chi connectivity index (χ1n) is 6.37. The number of piperidine rings is 1. The first-order valence-corrected chi connectivity index (χ1v) is 7.25. The van der Waals surface area contributed by atoms with Gasteiger partial charge in [-0.1, -0.05) is 13.0 Å². The molecule has 1 unspecified atom stereocenters. The molecule has 98 valence electrons. The molecule has 2 N–H and O–H groups in total. The average Bonchev–Trinajstić information content (AvgIpc) is 2.85. The molecule has 4 heteroatoms. The van der Waals surface area contributed by atoms with Crippen molar-refractivity contribution in [1.29, 1.82) is 0 Å². The Morgan fingerprint density at radius 3 is 2.82 bits per heavy atom. The van der Waals surface area contributed by atoms with Crippen molar-refractivity contribution in [3.63, 3.8) is 0 Å². The van der Waals surface area contributed by atoms with Gasteiger partial charge in [-0.3, -0.25) is 0 Å². The van der Waals surface area contributed by atoms with Crippen molar-refractivity contribution in [2.45, 2.75) is 32.2 Å². The van der Waals surface area contributed by atoms with Gasteiger partial charge in [0, 0.05) is 10.9 Å². The molecule has 2 nitrogen and oxygen atoms in total. The predicted molar refractivity (Wildman–Crippen MR) is 78.2 cm³/mol. The van der Waals surface area contributed by atoms with Crippen molar-refractivity contribution in [2.75, 3.05) is 19.6 Å². The summed E-state index contributed by atoms with van der Waals surface area (Å²) in [6.07, 6.45) is 3.84. The SMILES string of the molecule is CCC(NCC1CCNCC1)c1cccs1.Cl. The van der Waals surface area contributed by atoms with Crippen molar-refractivity contribution in [2.24, 2.45) is 5.92 Å². The highest BCUT2D eigenvalue weighted by molar-refractivity contribution is 7.10. The van der Waals surface area contributed by atoms with E-state index in [9.17, 15) is 0 Å². The van der Waals surface area contributed by atoms with E-state index in [1.165, 1.54) is 43.8 Å². The van der Waals surface area contributed by atoms with E-state index in [-0.39, 0.29) is 12.4 Å². The zero-order chi connectivity index (χ0) is 11.2. The van der Waals surface area contributed by atoms with Gasteiger partial charge in [0.2, 0.25) is 0 Å². The monoisotopic (exact) mass is 274 g/mol. The first kappa shape index (κ1) is 15.0. The zero-order valence-electron chi connectivity index (χ0n) is 10.4. The van der Waals surface area contributed by atoms with Crippen LogP contribution in [0.2, 0.25) is 0 Å². The summed E-state index contributed by atoms with van der Waals surface area (Å²) < 4.78 is 0. The molecular weight excluding hydrogens is 252 g/mol. The van der Waals surface area contributed by atoms with Gasteiger partial charge in [-0.15, -0.1) is 23.7 Å². The lowest BCUT2D eigenvalue weighted by Gasteiger charge is -2.25. The smallest absolute Gasteiger partial charge is 0.0412 e. The fraction of sp³-hybridized carbons (Fsp3) is 0.692. The second kappa shape index (κ2) is 8.09. The molecule has 0 aromatic carbocycles. The quantitative estimate of drug-likeness (QED) is 0.862. The van der Waals surface area contributed by atoms with E-state index < -0.39 is 0 Å². The van der Waals surface area contributed by atoms with E-state index in [1.54, 1.807) is 0 Å². The van der Waals surface area contributed by atoms with Crippen LogP contribution < -0.4 is 10.6 Å². The Morgan fingerprint density at radius 1 is 1.47 bits per heavy atom. The molecule has 0 saturated carbocycles. The highest BCUT2D eigenvalue weighted by Crippen LogP contribution is 2.22. The van der Waals surface area contributed by atoms with Gasteiger partial charge < -0.3 is 10.6 Å². The fourth-order valence-corrected chi connectivity index (χ4v) is 3.22. The van der Waals surface area contributed by atoms with E-state index in [2.05, 4.69) is 35.1 Å². The topological polar surface area (TPSA) is 24.1 Å². The molecule has 17 heavy (non-hydrogen) atoms. The molecule has 1 atom stereocenters. The maximum atomic E-state index is 3.72. The molecule has 0 radical (unpaired) electrons. The fourth-order valence-electron chi connectivity index (χ4n) is 2.33. The maximum absolute atomic E-state index is 3.72. The van der Waals surface area contributed by atoms with E-state index in [4.69, 9.17) is 0 Å². The van der Waals surface area contributed by atoms with Crippen LogP contribution in [0.15, 0.2) is 17.5 Å². The summed E-state index contributed by atoms with van der Waals surface area (Å²) in [7, 11) is 0. The molecule has 1 aromatic rings. The van der Waals surface area contributed by atoms with Gasteiger partial charge in [-0.25, -0.2) is 0 Å². The average molecular weight is 275 g/mol. The lowest BCUT2D eigenvalue weighted by molar-refractivity contribution is 0.339. The highest BCUT2D eigenvalue weighted by atomic mass is 35.5. The van der Waals surface area contributed by atoms with Gasteiger partial charge in [-0.05, 0) is 56.3 Å². The van der Waals surface area contributed by atoms with Crippen LogP contribution in [0, 0.1) is 5.92 Å². The van der Waals surface area contributed by atoms with Crippen LogP contribution in [-0.2, 0) is 0 Å². The Kier molecular flexibility index (Phi) is 7.12. The van der Waals surface area contributed by atoms with Crippen LogP contribution in [0.5, 0.6) is 0 Å². The Morgan fingerprint density at radius 2 is 2.24 bits per heavy atom. The molecule has 2 rings (SSSR count). The Hall–Kier alpha value is -0.0900. The van der Waals surface area contributed by atoms with Crippen LogP contribution in [-0.4, -0.2) is 19.6 Å². The standard InChI is InChI=1S/C13H22N2S.ClH/c1-2-12(13-4-3-9-16-13)15-10-11-5-7-14-8-6-11;/h3-4,9,11-12,14-15H,2,5-8,10H2,1H3;1H. The number of thiophene rings is 1. The molecule has 0 spiro atoms. The minimum absolute atomic E-state index is 0. The second-order valence-corrected chi connectivity index (χ2v) is 5.56. The van der Waals surface area contributed by atoms with Crippen molar-refractivity contribution < 1.29 is 0 Å². The van der Waals surface area contributed by atoms with Gasteiger partial charge in [0.05, 0.1) is 0 Å². The van der Waals surface area contributed by atoms with Gasteiger partial charge in [0.1, 0.15) is 0 Å². The molecule has 0 aliphatic carbocycles. The molecule has 1 aliphatic heterocycles. The summed E-state index contributed by atoms with van der Waals surface area (Å²) in [4.78, 5) is 1.48. The minimum Gasteiger partial charge on any atom is -0.317 e.